The van der Waals surface area contributed by atoms with Gasteiger partial charge in [0.15, 0.2) is 0 Å². The third-order valence-corrected chi connectivity index (χ3v) is 3.87. The molecule has 4 heteroatoms. The summed E-state index contributed by atoms with van der Waals surface area (Å²) in [6.45, 7) is 7.75. The SMILES string of the molecule is CCC(CC)(CNC)CN(C)Cc1cnn(C)c1. The number of aromatic nitrogens is 2. The first-order valence-electron chi connectivity index (χ1n) is 6.86. The highest BCUT2D eigenvalue weighted by Crippen LogP contribution is 2.26. The second-order valence-corrected chi connectivity index (χ2v) is 5.43. The molecule has 0 spiro atoms. The molecule has 0 aliphatic rings. The average Bonchev–Trinajstić information content (AvgIpc) is 2.74. The van der Waals surface area contributed by atoms with Gasteiger partial charge in [-0.3, -0.25) is 4.68 Å². The van der Waals surface area contributed by atoms with Crippen LogP contribution in [0.5, 0.6) is 0 Å². The van der Waals surface area contributed by atoms with E-state index < -0.39 is 0 Å². The molecule has 1 aromatic heterocycles. The summed E-state index contributed by atoms with van der Waals surface area (Å²) in [7, 11) is 6.21. The summed E-state index contributed by atoms with van der Waals surface area (Å²) in [5, 5.41) is 7.56. The quantitative estimate of drug-likeness (QED) is 0.767. The predicted octanol–water partition coefficient (Wildman–Crippen LogP) is 1.88. The number of hydrogen-bond acceptors (Lipinski definition) is 3. The van der Waals surface area contributed by atoms with E-state index >= 15 is 0 Å². The first-order chi connectivity index (χ1) is 8.55. The molecule has 0 aliphatic carbocycles. The van der Waals surface area contributed by atoms with Crippen molar-refractivity contribution in [2.24, 2.45) is 12.5 Å². The minimum Gasteiger partial charge on any atom is -0.319 e. The maximum Gasteiger partial charge on any atom is 0.0534 e. The lowest BCUT2D eigenvalue weighted by Gasteiger charge is -2.35. The first kappa shape index (κ1) is 15.2. The molecule has 1 N–H and O–H groups in total. The normalized spacial score (nSPS) is 12.3. The predicted molar refractivity (Wildman–Crippen MR) is 76.5 cm³/mol. The molecular formula is C14H28N4. The molecule has 0 saturated heterocycles. The highest BCUT2D eigenvalue weighted by Gasteiger charge is 2.26. The second-order valence-electron chi connectivity index (χ2n) is 5.43. The van der Waals surface area contributed by atoms with Crippen molar-refractivity contribution in [2.45, 2.75) is 33.2 Å². The Morgan fingerprint density at radius 3 is 2.50 bits per heavy atom. The van der Waals surface area contributed by atoms with Gasteiger partial charge in [0.2, 0.25) is 0 Å². The van der Waals surface area contributed by atoms with Crippen LogP contribution in [0.15, 0.2) is 12.4 Å². The minimum absolute atomic E-state index is 0.381. The molecule has 1 rings (SSSR count). The molecule has 104 valence electrons. The highest BCUT2D eigenvalue weighted by atomic mass is 15.2. The Morgan fingerprint density at radius 1 is 1.39 bits per heavy atom. The van der Waals surface area contributed by atoms with Gasteiger partial charge in [-0.15, -0.1) is 0 Å². The largest absolute Gasteiger partial charge is 0.319 e. The van der Waals surface area contributed by atoms with Crippen molar-refractivity contribution in [2.75, 3.05) is 27.2 Å². The molecule has 1 aromatic rings. The summed E-state index contributed by atoms with van der Waals surface area (Å²) in [6.07, 6.45) is 6.46. The van der Waals surface area contributed by atoms with Crippen LogP contribution in [0.3, 0.4) is 0 Å². The lowest BCUT2D eigenvalue weighted by atomic mass is 9.81. The van der Waals surface area contributed by atoms with Crippen LogP contribution in [0.1, 0.15) is 32.3 Å². The number of hydrogen-bond donors (Lipinski definition) is 1. The number of rotatable bonds is 8. The zero-order chi connectivity index (χ0) is 13.6. The van der Waals surface area contributed by atoms with E-state index in [1.54, 1.807) is 0 Å². The molecule has 0 bridgehead atoms. The zero-order valence-electron chi connectivity index (χ0n) is 12.5. The highest BCUT2D eigenvalue weighted by molar-refractivity contribution is 5.03. The molecule has 0 aliphatic heterocycles. The van der Waals surface area contributed by atoms with E-state index in [1.165, 1.54) is 18.4 Å². The minimum atomic E-state index is 0.381. The fourth-order valence-electron chi connectivity index (χ4n) is 2.65. The molecule has 0 unspecified atom stereocenters. The molecule has 4 nitrogen and oxygen atoms in total. The van der Waals surface area contributed by atoms with Crippen molar-refractivity contribution in [3.05, 3.63) is 18.0 Å². The molecule has 0 aromatic carbocycles. The van der Waals surface area contributed by atoms with Gasteiger partial charge in [-0.05, 0) is 32.4 Å². The van der Waals surface area contributed by atoms with Crippen LogP contribution in [0.2, 0.25) is 0 Å². The Kier molecular flexibility index (Phi) is 5.82. The average molecular weight is 252 g/mol. The van der Waals surface area contributed by atoms with Gasteiger partial charge in [0.25, 0.3) is 0 Å². The Bertz CT molecular complexity index is 341. The van der Waals surface area contributed by atoms with E-state index in [0.29, 0.717) is 5.41 Å². The topological polar surface area (TPSA) is 33.1 Å². The van der Waals surface area contributed by atoms with Gasteiger partial charge in [-0.25, -0.2) is 0 Å². The van der Waals surface area contributed by atoms with Crippen molar-refractivity contribution in [1.29, 1.82) is 0 Å². The summed E-state index contributed by atoms with van der Waals surface area (Å²) in [5.41, 5.74) is 1.66. The van der Waals surface area contributed by atoms with Gasteiger partial charge in [0.05, 0.1) is 6.20 Å². The van der Waals surface area contributed by atoms with Crippen molar-refractivity contribution in [3.63, 3.8) is 0 Å². The van der Waals surface area contributed by atoms with Crippen LogP contribution < -0.4 is 5.32 Å². The van der Waals surface area contributed by atoms with Crippen LogP contribution in [-0.2, 0) is 13.6 Å². The fraction of sp³-hybridized carbons (Fsp3) is 0.786. The maximum absolute atomic E-state index is 4.22. The van der Waals surface area contributed by atoms with E-state index in [0.717, 1.165) is 19.6 Å². The molecular weight excluding hydrogens is 224 g/mol. The summed E-state index contributed by atoms with van der Waals surface area (Å²) >= 11 is 0. The number of nitrogens with one attached hydrogen (secondary N) is 1. The van der Waals surface area contributed by atoms with Gasteiger partial charge < -0.3 is 10.2 Å². The zero-order valence-corrected chi connectivity index (χ0v) is 12.5. The van der Waals surface area contributed by atoms with Gasteiger partial charge in [0.1, 0.15) is 0 Å². The van der Waals surface area contributed by atoms with Crippen LogP contribution in [0.4, 0.5) is 0 Å². The monoisotopic (exact) mass is 252 g/mol. The molecule has 18 heavy (non-hydrogen) atoms. The van der Waals surface area contributed by atoms with Crippen LogP contribution in [-0.4, -0.2) is 41.9 Å². The van der Waals surface area contributed by atoms with Crippen LogP contribution >= 0.6 is 0 Å². The lowest BCUT2D eigenvalue weighted by molar-refractivity contribution is 0.153. The van der Waals surface area contributed by atoms with E-state index in [4.69, 9.17) is 0 Å². The Balaban J connectivity index is 2.58. The third kappa shape index (κ3) is 4.10. The standard InChI is InChI=1S/C14H28N4/c1-6-14(7-2,11-15-3)12-17(4)9-13-8-16-18(5)10-13/h8,10,15H,6-7,9,11-12H2,1-5H3. The van der Waals surface area contributed by atoms with Gasteiger partial charge in [0, 0.05) is 38.4 Å². The smallest absolute Gasteiger partial charge is 0.0534 e. The maximum atomic E-state index is 4.22. The van der Waals surface area contributed by atoms with Crippen LogP contribution in [0, 0.1) is 5.41 Å². The van der Waals surface area contributed by atoms with Crippen molar-refractivity contribution < 1.29 is 0 Å². The van der Waals surface area contributed by atoms with Gasteiger partial charge >= 0.3 is 0 Å². The number of aryl methyl sites for hydroxylation is 1. The van der Waals surface area contributed by atoms with E-state index in [-0.39, 0.29) is 0 Å². The molecule has 0 atom stereocenters. The Morgan fingerprint density at radius 2 is 2.06 bits per heavy atom. The molecule has 0 radical (unpaired) electrons. The lowest BCUT2D eigenvalue weighted by Crippen LogP contribution is -2.41. The van der Waals surface area contributed by atoms with Crippen LogP contribution in [0.25, 0.3) is 0 Å². The fourth-order valence-corrected chi connectivity index (χ4v) is 2.65. The van der Waals surface area contributed by atoms with Gasteiger partial charge in [-0.1, -0.05) is 13.8 Å². The van der Waals surface area contributed by atoms with E-state index in [9.17, 15) is 0 Å². The van der Waals surface area contributed by atoms with Gasteiger partial charge in [-0.2, -0.15) is 5.10 Å². The van der Waals surface area contributed by atoms with Crippen molar-refractivity contribution in [3.8, 4) is 0 Å². The molecule has 1 heterocycles. The molecule has 0 fully saturated rings. The van der Waals surface area contributed by atoms with Crippen molar-refractivity contribution >= 4 is 0 Å². The summed E-state index contributed by atoms with van der Waals surface area (Å²) in [4.78, 5) is 2.40. The van der Waals surface area contributed by atoms with Crippen molar-refractivity contribution in [1.82, 2.24) is 20.0 Å². The van der Waals surface area contributed by atoms with E-state index in [1.807, 2.05) is 25.0 Å². The Hall–Kier alpha value is -0.870. The first-order valence-corrected chi connectivity index (χ1v) is 6.86. The summed E-state index contributed by atoms with van der Waals surface area (Å²) < 4.78 is 1.86. The third-order valence-electron chi connectivity index (χ3n) is 3.87. The molecule has 0 saturated carbocycles. The summed E-state index contributed by atoms with van der Waals surface area (Å²) in [5.74, 6) is 0. The summed E-state index contributed by atoms with van der Waals surface area (Å²) in [6, 6.07) is 0. The Labute approximate surface area is 111 Å². The number of nitrogens with zero attached hydrogens (tertiary/aromatic N) is 3. The second kappa shape index (κ2) is 6.90. The molecule has 0 amide bonds. The van der Waals surface area contributed by atoms with E-state index in [2.05, 4.69) is 42.4 Å².